The summed E-state index contributed by atoms with van der Waals surface area (Å²) >= 11 is 0. The second kappa shape index (κ2) is 6.40. The highest BCUT2D eigenvalue weighted by Gasteiger charge is 1.94. The Bertz CT molecular complexity index is 263. The van der Waals surface area contributed by atoms with E-state index in [1.807, 2.05) is 31.2 Å². The van der Waals surface area contributed by atoms with Gasteiger partial charge in [0.05, 0.1) is 6.61 Å². The van der Waals surface area contributed by atoms with Gasteiger partial charge in [-0.1, -0.05) is 12.1 Å². The Morgan fingerprint density at radius 1 is 1.29 bits per heavy atom. The van der Waals surface area contributed by atoms with Crippen LogP contribution in [0.15, 0.2) is 24.3 Å². The Kier molecular flexibility index (Phi) is 5.04. The molecule has 0 amide bonds. The molecule has 0 atom stereocenters. The van der Waals surface area contributed by atoms with Gasteiger partial charge in [-0.15, -0.1) is 0 Å². The maximum absolute atomic E-state index is 5.51. The first-order valence-corrected chi connectivity index (χ1v) is 4.86. The van der Waals surface area contributed by atoms with E-state index >= 15 is 0 Å². The summed E-state index contributed by atoms with van der Waals surface area (Å²) in [4.78, 5) is 0. The van der Waals surface area contributed by atoms with Gasteiger partial charge < -0.3 is 15.2 Å². The highest BCUT2D eigenvalue weighted by Crippen LogP contribution is 2.12. The van der Waals surface area contributed by atoms with Crippen LogP contribution in [-0.4, -0.2) is 19.8 Å². The van der Waals surface area contributed by atoms with E-state index in [1.54, 1.807) is 0 Å². The van der Waals surface area contributed by atoms with Crippen molar-refractivity contribution in [3.63, 3.8) is 0 Å². The maximum atomic E-state index is 5.51. The number of hydrogen-bond acceptors (Lipinski definition) is 3. The second-order valence-electron chi connectivity index (χ2n) is 2.90. The van der Waals surface area contributed by atoms with Gasteiger partial charge in [-0.05, 0) is 24.6 Å². The molecule has 0 fully saturated rings. The molecule has 14 heavy (non-hydrogen) atoms. The predicted octanol–water partition coefficient (Wildman–Crippen LogP) is 1.56. The van der Waals surface area contributed by atoms with E-state index in [9.17, 15) is 0 Å². The van der Waals surface area contributed by atoms with Gasteiger partial charge in [-0.3, -0.25) is 0 Å². The van der Waals surface area contributed by atoms with Crippen molar-refractivity contribution in [1.82, 2.24) is 0 Å². The van der Waals surface area contributed by atoms with Crippen LogP contribution in [-0.2, 0) is 11.3 Å². The third kappa shape index (κ3) is 3.77. The molecule has 78 valence electrons. The molecule has 2 N–H and O–H groups in total. The molecule has 1 aromatic rings. The lowest BCUT2D eigenvalue weighted by Crippen LogP contribution is -2.06. The van der Waals surface area contributed by atoms with Gasteiger partial charge in [0.25, 0.3) is 0 Å². The fraction of sp³-hybridized carbons (Fsp3) is 0.455. The highest BCUT2D eigenvalue weighted by atomic mass is 16.5. The molecule has 3 heteroatoms. The molecule has 1 aromatic carbocycles. The summed E-state index contributed by atoms with van der Waals surface area (Å²) in [5.41, 5.74) is 6.60. The van der Waals surface area contributed by atoms with Crippen LogP contribution < -0.4 is 10.5 Å². The van der Waals surface area contributed by atoms with Crippen molar-refractivity contribution in [2.75, 3.05) is 19.8 Å². The first-order valence-electron chi connectivity index (χ1n) is 4.86. The van der Waals surface area contributed by atoms with E-state index < -0.39 is 0 Å². The van der Waals surface area contributed by atoms with E-state index in [4.69, 9.17) is 15.2 Å². The van der Waals surface area contributed by atoms with E-state index in [0.29, 0.717) is 19.8 Å². The summed E-state index contributed by atoms with van der Waals surface area (Å²) in [7, 11) is 0. The summed E-state index contributed by atoms with van der Waals surface area (Å²) in [6.07, 6.45) is 0. The van der Waals surface area contributed by atoms with Crippen LogP contribution in [0.5, 0.6) is 5.75 Å². The van der Waals surface area contributed by atoms with Crippen LogP contribution in [0.25, 0.3) is 0 Å². The van der Waals surface area contributed by atoms with Crippen molar-refractivity contribution < 1.29 is 9.47 Å². The first-order chi connectivity index (χ1) is 6.86. The van der Waals surface area contributed by atoms with Crippen LogP contribution in [0.1, 0.15) is 12.5 Å². The van der Waals surface area contributed by atoms with Gasteiger partial charge >= 0.3 is 0 Å². The van der Waals surface area contributed by atoms with Gasteiger partial charge in [-0.25, -0.2) is 0 Å². The predicted molar refractivity (Wildman–Crippen MR) is 56.3 cm³/mol. The van der Waals surface area contributed by atoms with E-state index in [0.717, 1.165) is 17.9 Å². The molecule has 0 aliphatic heterocycles. The molecule has 0 heterocycles. The summed E-state index contributed by atoms with van der Waals surface area (Å²) in [5.74, 6) is 0.854. The number of hydrogen-bond donors (Lipinski definition) is 1. The van der Waals surface area contributed by atoms with E-state index in [-0.39, 0.29) is 0 Å². The molecule has 3 nitrogen and oxygen atoms in total. The largest absolute Gasteiger partial charge is 0.491 e. The van der Waals surface area contributed by atoms with Crippen molar-refractivity contribution >= 4 is 0 Å². The van der Waals surface area contributed by atoms with Gasteiger partial charge in [0, 0.05) is 13.2 Å². The molecule has 1 rings (SSSR count). The Morgan fingerprint density at radius 3 is 2.86 bits per heavy atom. The number of ether oxygens (including phenoxy) is 2. The van der Waals surface area contributed by atoms with Crippen molar-refractivity contribution in [2.24, 2.45) is 5.73 Å². The summed E-state index contributed by atoms with van der Waals surface area (Å²) < 4.78 is 10.6. The Balaban J connectivity index is 2.34. The third-order valence-electron chi connectivity index (χ3n) is 1.83. The molecule has 0 aliphatic rings. The first kappa shape index (κ1) is 11.0. The zero-order valence-electron chi connectivity index (χ0n) is 8.53. The molecule has 0 aromatic heterocycles. The van der Waals surface area contributed by atoms with Gasteiger partial charge in [0.1, 0.15) is 12.4 Å². The minimum atomic E-state index is 0.544. The normalized spacial score (nSPS) is 10.1. The highest BCUT2D eigenvalue weighted by molar-refractivity contribution is 5.28. The number of rotatable bonds is 6. The summed E-state index contributed by atoms with van der Waals surface area (Å²) in [5, 5.41) is 0. The Hall–Kier alpha value is -1.06. The quantitative estimate of drug-likeness (QED) is 0.701. The molecular formula is C11H17NO2. The lowest BCUT2D eigenvalue weighted by atomic mass is 10.2. The minimum absolute atomic E-state index is 0.544. The van der Waals surface area contributed by atoms with Crippen molar-refractivity contribution in [2.45, 2.75) is 13.5 Å². The van der Waals surface area contributed by atoms with Crippen LogP contribution >= 0.6 is 0 Å². The van der Waals surface area contributed by atoms with Crippen molar-refractivity contribution in [3.8, 4) is 5.75 Å². The second-order valence-corrected chi connectivity index (χ2v) is 2.90. The number of nitrogens with two attached hydrogens (primary N) is 1. The van der Waals surface area contributed by atoms with Crippen LogP contribution in [0.3, 0.4) is 0 Å². The van der Waals surface area contributed by atoms with Crippen LogP contribution in [0, 0.1) is 0 Å². The summed E-state index contributed by atoms with van der Waals surface area (Å²) in [6.45, 7) is 4.45. The molecule has 0 unspecified atom stereocenters. The molecule has 0 saturated heterocycles. The van der Waals surface area contributed by atoms with E-state index in [2.05, 4.69) is 0 Å². The molecule has 0 saturated carbocycles. The van der Waals surface area contributed by atoms with Crippen LogP contribution in [0.4, 0.5) is 0 Å². The lowest BCUT2D eigenvalue weighted by molar-refractivity contribution is 0.110. The third-order valence-corrected chi connectivity index (χ3v) is 1.83. The van der Waals surface area contributed by atoms with Gasteiger partial charge in [-0.2, -0.15) is 0 Å². The van der Waals surface area contributed by atoms with Crippen molar-refractivity contribution in [3.05, 3.63) is 29.8 Å². The lowest BCUT2D eigenvalue weighted by Gasteiger charge is -2.07. The van der Waals surface area contributed by atoms with Gasteiger partial charge in [0.2, 0.25) is 0 Å². The Morgan fingerprint density at radius 2 is 2.14 bits per heavy atom. The molecule has 0 bridgehead atoms. The molecule has 0 aliphatic carbocycles. The maximum Gasteiger partial charge on any atom is 0.119 e. The fourth-order valence-electron chi connectivity index (χ4n) is 1.13. The zero-order chi connectivity index (χ0) is 10.2. The molecule has 0 spiro atoms. The monoisotopic (exact) mass is 195 g/mol. The van der Waals surface area contributed by atoms with Crippen LogP contribution in [0.2, 0.25) is 0 Å². The SMILES string of the molecule is CCOCCOc1cccc(CN)c1. The smallest absolute Gasteiger partial charge is 0.119 e. The van der Waals surface area contributed by atoms with Crippen molar-refractivity contribution in [1.29, 1.82) is 0 Å². The average Bonchev–Trinajstić information content (AvgIpc) is 2.25. The molecular weight excluding hydrogens is 178 g/mol. The molecule has 0 radical (unpaired) electrons. The fourth-order valence-corrected chi connectivity index (χ4v) is 1.13. The summed E-state index contributed by atoms with van der Waals surface area (Å²) in [6, 6.07) is 7.80. The standard InChI is InChI=1S/C11H17NO2/c1-2-13-6-7-14-11-5-3-4-10(8-11)9-12/h3-5,8H,2,6-7,9,12H2,1H3. The van der Waals surface area contributed by atoms with Gasteiger partial charge in [0.15, 0.2) is 0 Å². The Labute approximate surface area is 84.8 Å². The topological polar surface area (TPSA) is 44.5 Å². The van der Waals surface area contributed by atoms with E-state index in [1.165, 1.54) is 0 Å². The zero-order valence-corrected chi connectivity index (χ0v) is 8.53. The average molecular weight is 195 g/mol. The minimum Gasteiger partial charge on any atom is -0.491 e. The number of benzene rings is 1.